The predicted molar refractivity (Wildman–Crippen MR) is 81.4 cm³/mol. The monoisotopic (exact) mass is 397 g/mol. The molecule has 1 N–H and O–H groups in total. The molecule has 0 aliphatic heterocycles. The summed E-state index contributed by atoms with van der Waals surface area (Å²) in [6.45, 7) is 0. The Morgan fingerprint density at radius 1 is 1.05 bits per heavy atom. The van der Waals surface area contributed by atoms with E-state index >= 15 is 0 Å². The summed E-state index contributed by atoms with van der Waals surface area (Å²) in [6, 6.07) is 7.88. The van der Waals surface area contributed by atoms with Crippen molar-refractivity contribution in [2.24, 2.45) is 0 Å². The number of sulfonamides is 1. The summed E-state index contributed by atoms with van der Waals surface area (Å²) in [5, 5.41) is 0.540. The van der Waals surface area contributed by atoms with E-state index in [2.05, 4.69) is 20.7 Å². The summed E-state index contributed by atoms with van der Waals surface area (Å²) in [5.74, 6) is -0.861. The van der Waals surface area contributed by atoms with Gasteiger partial charge < -0.3 is 0 Å². The summed E-state index contributed by atoms with van der Waals surface area (Å²) in [4.78, 5) is -0.461. The standard InChI is InChI=1S/C12H7BrCl2FNO2S/c13-7-1-2-12(11(16)3-7)20(18,19)17-10-5-8(14)4-9(15)6-10/h1-6,17H. The van der Waals surface area contributed by atoms with Crippen LogP contribution in [0.5, 0.6) is 0 Å². The molecule has 0 aromatic heterocycles. The molecule has 8 heteroatoms. The van der Waals surface area contributed by atoms with Crippen LogP contribution in [0.3, 0.4) is 0 Å². The summed E-state index contributed by atoms with van der Waals surface area (Å²) in [6.07, 6.45) is 0. The van der Waals surface area contributed by atoms with Crippen LogP contribution in [0.15, 0.2) is 45.8 Å². The quantitative estimate of drug-likeness (QED) is 0.814. The van der Waals surface area contributed by atoms with E-state index in [-0.39, 0.29) is 15.7 Å². The Bertz CT molecular complexity index is 748. The van der Waals surface area contributed by atoms with Crippen molar-refractivity contribution in [1.29, 1.82) is 0 Å². The van der Waals surface area contributed by atoms with Gasteiger partial charge in [-0.3, -0.25) is 4.72 Å². The van der Waals surface area contributed by atoms with Gasteiger partial charge in [-0.25, -0.2) is 12.8 Å². The SMILES string of the molecule is O=S(=O)(Nc1cc(Cl)cc(Cl)c1)c1ccc(Br)cc1F. The molecule has 2 aromatic carbocycles. The lowest BCUT2D eigenvalue weighted by molar-refractivity contribution is 0.570. The summed E-state index contributed by atoms with van der Waals surface area (Å²) < 4.78 is 40.6. The second kappa shape index (κ2) is 5.89. The molecule has 0 atom stereocenters. The fourth-order valence-corrected chi connectivity index (χ4v) is 3.48. The minimum atomic E-state index is -4.06. The third-order valence-electron chi connectivity index (χ3n) is 2.30. The van der Waals surface area contributed by atoms with E-state index in [0.29, 0.717) is 4.47 Å². The van der Waals surface area contributed by atoms with Gasteiger partial charge in [-0.1, -0.05) is 39.1 Å². The molecule has 0 saturated carbocycles. The van der Waals surface area contributed by atoms with Crippen LogP contribution < -0.4 is 4.72 Å². The average molecular weight is 399 g/mol. The highest BCUT2D eigenvalue weighted by molar-refractivity contribution is 9.10. The molecule has 0 heterocycles. The molecule has 2 rings (SSSR count). The Morgan fingerprint density at radius 3 is 2.20 bits per heavy atom. The minimum Gasteiger partial charge on any atom is -0.279 e. The van der Waals surface area contributed by atoms with Crippen molar-refractivity contribution in [1.82, 2.24) is 0 Å². The van der Waals surface area contributed by atoms with Crippen molar-refractivity contribution in [3.63, 3.8) is 0 Å². The van der Waals surface area contributed by atoms with Crippen molar-refractivity contribution in [2.45, 2.75) is 4.90 Å². The van der Waals surface area contributed by atoms with Crippen LogP contribution in [0.2, 0.25) is 10.0 Å². The number of hydrogen-bond donors (Lipinski definition) is 1. The molecule has 0 amide bonds. The van der Waals surface area contributed by atoms with Crippen molar-refractivity contribution in [3.8, 4) is 0 Å². The maximum atomic E-state index is 13.7. The van der Waals surface area contributed by atoms with Gasteiger partial charge >= 0.3 is 0 Å². The smallest absolute Gasteiger partial charge is 0.264 e. The molecule has 106 valence electrons. The zero-order valence-electron chi connectivity index (χ0n) is 9.70. The van der Waals surface area contributed by atoms with Crippen LogP contribution >= 0.6 is 39.1 Å². The summed E-state index contributed by atoms with van der Waals surface area (Å²) in [7, 11) is -4.06. The van der Waals surface area contributed by atoms with Gasteiger partial charge in [0.05, 0.1) is 5.69 Å². The Balaban J connectivity index is 2.40. The van der Waals surface area contributed by atoms with Crippen molar-refractivity contribution >= 4 is 54.8 Å². The van der Waals surface area contributed by atoms with Gasteiger partial charge in [0.2, 0.25) is 0 Å². The zero-order valence-corrected chi connectivity index (χ0v) is 13.6. The molecule has 0 aliphatic rings. The number of nitrogens with one attached hydrogen (secondary N) is 1. The molecule has 0 unspecified atom stereocenters. The highest BCUT2D eigenvalue weighted by Gasteiger charge is 2.19. The number of anilines is 1. The van der Waals surface area contributed by atoms with Crippen LogP contribution in [0.1, 0.15) is 0 Å². The predicted octanol–water partition coefficient (Wildman–Crippen LogP) is 4.70. The first kappa shape index (κ1) is 15.6. The Labute approximate surface area is 133 Å². The zero-order chi connectivity index (χ0) is 14.9. The number of halogens is 4. The first-order valence-electron chi connectivity index (χ1n) is 5.22. The largest absolute Gasteiger partial charge is 0.279 e. The molecule has 0 spiro atoms. The van der Waals surface area contributed by atoms with Crippen LogP contribution in [0.4, 0.5) is 10.1 Å². The molecule has 0 aliphatic carbocycles. The van der Waals surface area contributed by atoms with Gasteiger partial charge in [-0.2, -0.15) is 0 Å². The second-order valence-corrected chi connectivity index (χ2v) is 7.28. The molecule has 0 bridgehead atoms. The van der Waals surface area contributed by atoms with E-state index in [0.717, 1.165) is 12.1 Å². The van der Waals surface area contributed by atoms with Gasteiger partial charge in [-0.15, -0.1) is 0 Å². The molecule has 20 heavy (non-hydrogen) atoms. The Morgan fingerprint density at radius 2 is 1.65 bits per heavy atom. The third kappa shape index (κ3) is 3.63. The van der Waals surface area contributed by atoms with Gasteiger partial charge in [0.15, 0.2) is 0 Å². The van der Waals surface area contributed by atoms with Crippen molar-refractivity contribution in [2.75, 3.05) is 4.72 Å². The lowest BCUT2D eigenvalue weighted by Crippen LogP contribution is -2.14. The van der Waals surface area contributed by atoms with E-state index in [1.165, 1.54) is 24.3 Å². The Kier molecular flexibility index (Phi) is 4.59. The second-order valence-electron chi connectivity index (χ2n) is 3.84. The van der Waals surface area contributed by atoms with E-state index < -0.39 is 20.7 Å². The molecular weight excluding hydrogens is 392 g/mol. The molecule has 0 saturated heterocycles. The van der Waals surface area contributed by atoms with Gasteiger partial charge in [-0.05, 0) is 36.4 Å². The molecule has 0 radical (unpaired) electrons. The van der Waals surface area contributed by atoms with Crippen molar-refractivity contribution in [3.05, 3.63) is 56.7 Å². The van der Waals surface area contributed by atoms with E-state index in [4.69, 9.17) is 23.2 Å². The highest BCUT2D eigenvalue weighted by atomic mass is 79.9. The summed E-state index contributed by atoms with van der Waals surface area (Å²) >= 11 is 14.6. The minimum absolute atomic E-state index is 0.157. The first-order valence-corrected chi connectivity index (χ1v) is 8.25. The van der Waals surface area contributed by atoms with Crippen LogP contribution in [-0.4, -0.2) is 8.42 Å². The fourth-order valence-electron chi connectivity index (χ4n) is 1.52. The highest BCUT2D eigenvalue weighted by Crippen LogP contribution is 2.26. The number of benzene rings is 2. The topological polar surface area (TPSA) is 46.2 Å². The van der Waals surface area contributed by atoms with E-state index in [1.807, 2.05) is 0 Å². The maximum absolute atomic E-state index is 13.7. The van der Waals surface area contributed by atoms with Gasteiger partial charge in [0.25, 0.3) is 10.0 Å². The fraction of sp³-hybridized carbons (Fsp3) is 0. The average Bonchev–Trinajstić information content (AvgIpc) is 2.25. The van der Waals surface area contributed by atoms with Crippen LogP contribution in [-0.2, 0) is 10.0 Å². The maximum Gasteiger partial charge on any atom is 0.264 e. The molecule has 0 fully saturated rings. The number of hydrogen-bond acceptors (Lipinski definition) is 2. The Hall–Kier alpha value is -0.820. The van der Waals surface area contributed by atoms with Crippen molar-refractivity contribution < 1.29 is 12.8 Å². The molecule has 2 aromatic rings. The lowest BCUT2D eigenvalue weighted by Gasteiger charge is -2.09. The third-order valence-corrected chi connectivity index (χ3v) is 4.64. The molecular formula is C12H7BrCl2FNO2S. The first-order chi connectivity index (χ1) is 9.28. The van der Waals surface area contributed by atoms with E-state index in [1.54, 1.807) is 0 Å². The van der Waals surface area contributed by atoms with E-state index in [9.17, 15) is 12.8 Å². The summed E-state index contributed by atoms with van der Waals surface area (Å²) in [5.41, 5.74) is 0.157. The number of rotatable bonds is 3. The van der Waals surface area contributed by atoms with Crippen LogP contribution in [0, 0.1) is 5.82 Å². The van der Waals surface area contributed by atoms with Crippen LogP contribution in [0.25, 0.3) is 0 Å². The molecule has 3 nitrogen and oxygen atoms in total. The van der Waals surface area contributed by atoms with Gasteiger partial charge in [0.1, 0.15) is 10.7 Å². The van der Waals surface area contributed by atoms with Gasteiger partial charge in [0, 0.05) is 14.5 Å². The normalized spacial score (nSPS) is 11.4. The lowest BCUT2D eigenvalue weighted by atomic mass is 10.3.